The minimum atomic E-state index is -0.952. The average molecular weight is 304 g/mol. The third-order valence-corrected chi connectivity index (χ3v) is 4.10. The zero-order valence-corrected chi connectivity index (χ0v) is 12.7. The summed E-state index contributed by atoms with van der Waals surface area (Å²) >= 11 is 0. The zero-order valence-electron chi connectivity index (χ0n) is 12.7. The SMILES string of the molecule is Cc1cccc(C)c1NC(=O)CNC(=O)C1CCC1C(=O)O. The van der Waals surface area contributed by atoms with Gasteiger partial charge in [0.15, 0.2) is 0 Å². The molecule has 0 saturated heterocycles. The second-order valence-corrected chi connectivity index (χ2v) is 5.66. The maximum Gasteiger partial charge on any atom is 0.307 e. The predicted molar refractivity (Wildman–Crippen MR) is 81.4 cm³/mol. The predicted octanol–water partition coefficient (Wildman–Crippen LogP) is 1.47. The Balaban J connectivity index is 1.86. The highest BCUT2D eigenvalue weighted by Gasteiger charge is 2.41. The lowest BCUT2D eigenvalue weighted by Crippen LogP contribution is -2.45. The highest BCUT2D eigenvalue weighted by molar-refractivity contribution is 5.96. The highest BCUT2D eigenvalue weighted by atomic mass is 16.4. The van der Waals surface area contributed by atoms with Crippen molar-refractivity contribution in [2.45, 2.75) is 26.7 Å². The van der Waals surface area contributed by atoms with Crippen LogP contribution in [0.15, 0.2) is 18.2 Å². The Morgan fingerprint density at radius 1 is 1.14 bits per heavy atom. The lowest BCUT2D eigenvalue weighted by atomic mass is 9.73. The highest BCUT2D eigenvalue weighted by Crippen LogP contribution is 2.34. The van der Waals surface area contributed by atoms with Crippen molar-refractivity contribution in [2.24, 2.45) is 11.8 Å². The van der Waals surface area contributed by atoms with Gasteiger partial charge in [-0.1, -0.05) is 18.2 Å². The Labute approximate surface area is 128 Å². The van der Waals surface area contributed by atoms with Crippen molar-refractivity contribution in [1.29, 1.82) is 0 Å². The number of hydrogen-bond acceptors (Lipinski definition) is 3. The fourth-order valence-corrected chi connectivity index (χ4v) is 2.60. The van der Waals surface area contributed by atoms with Crippen molar-refractivity contribution in [3.8, 4) is 0 Å². The van der Waals surface area contributed by atoms with Crippen LogP contribution in [0.4, 0.5) is 5.69 Å². The molecule has 0 radical (unpaired) electrons. The number of nitrogens with one attached hydrogen (secondary N) is 2. The number of para-hydroxylation sites is 1. The number of anilines is 1. The minimum Gasteiger partial charge on any atom is -0.481 e. The van der Waals surface area contributed by atoms with Crippen molar-refractivity contribution in [2.75, 3.05) is 11.9 Å². The summed E-state index contributed by atoms with van der Waals surface area (Å²) in [7, 11) is 0. The van der Waals surface area contributed by atoms with E-state index >= 15 is 0 Å². The number of hydrogen-bond donors (Lipinski definition) is 3. The number of carbonyl (C=O) groups excluding carboxylic acids is 2. The number of aliphatic carboxylic acids is 1. The van der Waals surface area contributed by atoms with E-state index in [1.807, 2.05) is 32.0 Å². The van der Waals surface area contributed by atoms with Gasteiger partial charge in [0, 0.05) is 5.69 Å². The Morgan fingerprint density at radius 3 is 2.23 bits per heavy atom. The van der Waals surface area contributed by atoms with E-state index in [-0.39, 0.29) is 18.4 Å². The first kappa shape index (κ1) is 16.0. The van der Waals surface area contributed by atoms with Crippen molar-refractivity contribution >= 4 is 23.5 Å². The molecule has 1 saturated carbocycles. The fraction of sp³-hybridized carbons (Fsp3) is 0.438. The molecule has 3 N–H and O–H groups in total. The van der Waals surface area contributed by atoms with Crippen molar-refractivity contribution in [3.63, 3.8) is 0 Å². The molecule has 1 aliphatic rings. The first-order chi connectivity index (χ1) is 10.4. The molecule has 2 unspecified atom stereocenters. The number of benzene rings is 1. The van der Waals surface area contributed by atoms with E-state index in [0.29, 0.717) is 12.8 Å². The van der Waals surface area contributed by atoms with E-state index in [2.05, 4.69) is 10.6 Å². The van der Waals surface area contributed by atoms with Crippen LogP contribution < -0.4 is 10.6 Å². The van der Waals surface area contributed by atoms with Crippen LogP contribution in [0.2, 0.25) is 0 Å². The van der Waals surface area contributed by atoms with Crippen LogP contribution in [0.3, 0.4) is 0 Å². The van der Waals surface area contributed by atoms with Gasteiger partial charge in [-0.15, -0.1) is 0 Å². The molecule has 1 aromatic carbocycles. The van der Waals surface area contributed by atoms with Gasteiger partial charge in [0.1, 0.15) is 0 Å². The van der Waals surface area contributed by atoms with Gasteiger partial charge in [-0.25, -0.2) is 0 Å². The molecule has 6 nitrogen and oxygen atoms in total. The number of carboxylic acid groups (broad SMARTS) is 1. The van der Waals surface area contributed by atoms with E-state index < -0.39 is 17.8 Å². The fourth-order valence-electron chi connectivity index (χ4n) is 2.60. The summed E-state index contributed by atoms with van der Waals surface area (Å²) < 4.78 is 0. The summed E-state index contributed by atoms with van der Waals surface area (Å²) in [4.78, 5) is 34.7. The number of carbonyl (C=O) groups is 3. The summed E-state index contributed by atoms with van der Waals surface area (Å²) in [6.07, 6.45) is 1.07. The molecule has 1 fully saturated rings. The van der Waals surface area contributed by atoms with Crippen LogP contribution in [0.25, 0.3) is 0 Å². The molecule has 0 aliphatic heterocycles. The number of rotatable bonds is 5. The molecule has 0 aromatic heterocycles. The van der Waals surface area contributed by atoms with E-state index in [9.17, 15) is 14.4 Å². The van der Waals surface area contributed by atoms with Crippen LogP contribution in [-0.4, -0.2) is 29.4 Å². The Hall–Kier alpha value is -2.37. The summed E-state index contributed by atoms with van der Waals surface area (Å²) in [5.41, 5.74) is 2.64. The van der Waals surface area contributed by atoms with Crippen LogP contribution >= 0.6 is 0 Å². The van der Waals surface area contributed by atoms with Crippen molar-refractivity contribution in [1.82, 2.24) is 5.32 Å². The van der Waals surface area contributed by atoms with E-state index in [1.54, 1.807) is 0 Å². The van der Waals surface area contributed by atoms with Gasteiger partial charge in [0.2, 0.25) is 11.8 Å². The molecular weight excluding hydrogens is 284 g/mol. The van der Waals surface area contributed by atoms with Gasteiger partial charge >= 0.3 is 5.97 Å². The molecule has 2 amide bonds. The van der Waals surface area contributed by atoms with Gasteiger partial charge in [-0.05, 0) is 37.8 Å². The molecule has 2 atom stereocenters. The first-order valence-corrected chi connectivity index (χ1v) is 7.26. The Bertz CT molecular complexity index is 592. The second kappa shape index (κ2) is 6.60. The zero-order chi connectivity index (χ0) is 16.3. The molecule has 0 spiro atoms. The molecular formula is C16H20N2O4. The molecule has 0 heterocycles. The average Bonchev–Trinajstić information content (AvgIpc) is 2.39. The van der Waals surface area contributed by atoms with E-state index in [0.717, 1.165) is 16.8 Å². The van der Waals surface area contributed by atoms with Gasteiger partial charge in [0.05, 0.1) is 18.4 Å². The lowest BCUT2D eigenvalue weighted by Gasteiger charge is -2.31. The van der Waals surface area contributed by atoms with E-state index in [1.165, 1.54) is 0 Å². The van der Waals surface area contributed by atoms with Crippen LogP contribution in [0.5, 0.6) is 0 Å². The maximum absolute atomic E-state index is 11.9. The summed E-state index contributed by atoms with van der Waals surface area (Å²) in [5.74, 6) is -2.79. The normalized spacial score (nSPS) is 19.9. The smallest absolute Gasteiger partial charge is 0.307 e. The van der Waals surface area contributed by atoms with Gasteiger partial charge in [-0.3, -0.25) is 14.4 Å². The number of amides is 2. The monoisotopic (exact) mass is 304 g/mol. The minimum absolute atomic E-state index is 0.157. The van der Waals surface area contributed by atoms with Crippen molar-refractivity contribution < 1.29 is 19.5 Å². The maximum atomic E-state index is 11.9. The molecule has 2 rings (SSSR count). The molecule has 118 valence electrons. The third-order valence-electron chi connectivity index (χ3n) is 4.10. The van der Waals surface area contributed by atoms with Gasteiger partial charge < -0.3 is 15.7 Å². The standard InChI is InChI=1S/C16H20N2O4/c1-9-4-3-5-10(2)14(9)18-13(19)8-17-15(20)11-6-7-12(11)16(21)22/h3-5,11-12H,6-8H2,1-2H3,(H,17,20)(H,18,19)(H,21,22). The molecule has 0 bridgehead atoms. The molecule has 1 aliphatic carbocycles. The largest absolute Gasteiger partial charge is 0.481 e. The Kier molecular flexibility index (Phi) is 4.80. The summed E-state index contributed by atoms with van der Waals surface area (Å²) in [5, 5.41) is 14.2. The topological polar surface area (TPSA) is 95.5 Å². The number of carboxylic acids is 1. The summed E-state index contributed by atoms with van der Waals surface area (Å²) in [6.45, 7) is 3.63. The Morgan fingerprint density at radius 2 is 1.73 bits per heavy atom. The first-order valence-electron chi connectivity index (χ1n) is 7.26. The quantitative estimate of drug-likeness (QED) is 0.767. The van der Waals surface area contributed by atoms with Gasteiger partial charge in [-0.2, -0.15) is 0 Å². The molecule has 22 heavy (non-hydrogen) atoms. The van der Waals surface area contributed by atoms with Crippen molar-refractivity contribution in [3.05, 3.63) is 29.3 Å². The lowest BCUT2D eigenvalue weighted by molar-refractivity contribution is -0.152. The summed E-state index contributed by atoms with van der Waals surface area (Å²) in [6, 6.07) is 5.70. The molecule has 1 aromatic rings. The second-order valence-electron chi connectivity index (χ2n) is 5.66. The third kappa shape index (κ3) is 3.44. The van der Waals surface area contributed by atoms with Crippen LogP contribution in [0, 0.1) is 25.7 Å². The van der Waals surface area contributed by atoms with Crippen LogP contribution in [0.1, 0.15) is 24.0 Å². The van der Waals surface area contributed by atoms with E-state index in [4.69, 9.17) is 5.11 Å². The number of aryl methyl sites for hydroxylation is 2. The molecule has 6 heteroatoms. The van der Waals surface area contributed by atoms with Crippen LogP contribution in [-0.2, 0) is 14.4 Å². The van der Waals surface area contributed by atoms with Gasteiger partial charge in [0.25, 0.3) is 0 Å².